The molecule has 0 atom stereocenters. The highest BCUT2D eigenvalue weighted by Gasteiger charge is 2.33. The Morgan fingerprint density at radius 1 is 0.972 bits per heavy atom. The van der Waals surface area contributed by atoms with Crippen molar-refractivity contribution in [1.29, 1.82) is 0 Å². The topological polar surface area (TPSA) is 92.8 Å². The molecule has 0 aliphatic rings. The molecule has 0 aliphatic heterocycles. The second kappa shape index (κ2) is 9.19. The summed E-state index contributed by atoms with van der Waals surface area (Å²) in [6.07, 6.45) is 3.01. The number of H-pyrrole nitrogens is 1. The normalized spacial score (nSPS) is 12.3. The van der Waals surface area contributed by atoms with Gasteiger partial charge in [0, 0.05) is 29.2 Å². The summed E-state index contributed by atoms with van der Waals surface area (Å²) in [4.78, 5) is 24.4. The van der Waals surface area contributed by atoms with E-state index < -0.39 is 14.6 Å². The zero-order valence-electron chi connectivity index (χ0n) is 20.1. The molecule has 2 aromatic heterocycles. The highest BCUT2D eigenvalue weighted by atomic mass is 32.2. The second-order valence-corrected chi connectivity index (χ2v) is 12.8. The standard InChI is InChI=1S/C28H25N3O3S2/c1-28(2,36(3,33)34)21-15-20-10-7-13-29-25(20)23(16-21)19-9-6-8-18(14-19)17-35-27-30-24-12-5-4-11-22(24)26(32)31-27/h4-16H,17H2,1-3H3,(H,30,31,32). The summed E-state index contributed by atoms with van der Waals surface area (Å²) in [5.74, 6) is 0.606. The van der Waals surface area contributed by atoms with E-state index in [4.69, 9.17) is 0 Å². The van der Waals surface area contributed by atoms with Crippen molar-refractivity contribution in [3.8, 4) is 11.1 Å². The molecule has 0 amide bonds. The van der Waals surface area contributed by atoms with Gasteiger partial charge in [-0.1, -0.05) is 54.2 Å². The summed E-state index contributed by atoms with van der Waals surface area (Å²) in [6, 6.07) is 23.0. The van der Waals surface area contributed by atoms with Crippen LogP contribution in [0.5, 0.6) is 0 Å². The predicted octanol–water partition coefficient (Wildman–Crippen LogP) is 5.71. The van der Waals surface area contributed by atoms with Gasteiger partial charge in [0.05, 0.1) is 21.2 Å². The Kier molecular flexibility index (Phi) is 6.18. The van der Waals surface area contributed by atoms with Crippen LogP contribution in [0.2, 0.25) is 0 Å². The van der Waals surface area contributed by atoms with E-state index in [0.29, 0.717) is 21.8 Å². The number of para-hydroxylation sites is 1. The number of nitrogens with zero attached hydrogens (tertiary/aromatic N) is 2. The third-order valence-corrected chi connectivity index (χ3v) is 9.57. The molecule has 0 radical (unpaired) electrons. The Morgan fingerprint density at radius 2 is 1.78 bits per heavy atom. The average molecular weight is 516 g/mol. The Bertz CT molecular complexity index is 1780. The summed E-state index contributed by atoms with van der Waals surface area (Å²) in [5.41, 5.74) is 4.92. The first kappa shape index (κ1) is 24.2. The van der Waals surface area contributed by atoms with Crippen LogP contribution < -0.4 is 5.56 Å². The van der Waals surface area contributed by atoms with Crippen molar-refractivity contribution in [2.24, 2.45) is 0 Å². The number of thioether (sulfide) groups is 1. The second-order valence-electron chi connectivity index (χ2n) is 9.26. The van der Waals surface area contributed by atoms with Crippen molar-refractivity contribution >= 4 is 43.4 Å². The highest BCUT2D eigenvalue weighted by Crippen LogP contribution is 2.36. The van der Waals surface area contributed by atoms with Gasteiger partial charge in [0.25, 0.3) is 5.56 Å². The maximum Gasteiger partial charge on any atom is 0.259 e. The van der Waals surface area contributed by atoms with Crippen LogP contribution in [-0.2, 0) is 20.3 Å². The van der Waals surface area contributed by atoms with Crippen molar-refractivity contribution in [1.82, 2.24) is 15.0 Å². The predicted molar refractivity (Wildman–Crippen MR) is 147 cm³/mol. The lowest BCUT2D eigenvalue weighted by molar-refractivity contribution is 0.561. The minimum atomic E-state index is -3.35. The molecule has 0 saturated heterocycles. The summed E-state index contributed by atoms with van der Waals surface area (Å²) >= 11 is 1.46. The van der Waals surface area contributed by atoms with Crippen molar-refractivity contribution in [2.75, 3.05) is 6.26 Å². The van der Waals surface area contributed by atoms with E-state index in [0.717, 1.165) is 33.2 Å². The van der Waals surface area contributed by atoms with E-state index in [1.807, 2.05) is 60.7 Å². The van der Waals surface area contributed by atoms with Gasteiger partial charge in [0.1, 0.15) is 0 Å². The van der Waals surface area contributed by atoms with Gasteiger partial charge in [-0.15, -0.1) is 0 Å². The fourth-order valence-electron chi connectivity index (χ4n) is 4.09. The van der Waals surface area contributed by atoms with Gasteiger partial charge in [0.2, 0.25) is 0 Å². The van der Waals surface area contributed by atoms with Crippen LogP contribution in [0, 0.1) is 0 Å². The zero-order chi connectivity index (χ0) is 25.5. The fourth-order valence-corrected chi connectivity index (χ4v) is 5.44. The van der Waals surface area contributed by atoms with Gasteiger partial charge in [-0.05, 0) is 60.9 Å². The van der Waals surface area contributed by atoms with Crippen LogP contribution in [0.15, 0.2) is 88.9 Å². The summed E-state index contributed by atoms with van der Waals surface area (Å²) < 4.78 is 24.1. The zero-order valence-corrected chi connectivity index (χ0v) is 21.8. The van der Waals surface area contributed by atoms with E-state index in [-0.39, 0.29) is 5.56 Å². The molecule has 1 N–H and O–H groups in total. The number of aromatic nitrogens is 3. The Balaban J connectivity index is 1.52. The van der Waals surface area contributed by atoms with E-state index in [1.165, 1.54) is 18.0 Å². The molecule has 182 valence electrons. The van der Waals surface area contributed by atoms with Gasteiger partial charge < -0.3 is 4.98 Å². The number of nitrogens with one attached hydrogen (secondary N) is 1. The van der Waals surface area contributed by atoms with E-state index >= 15 is 0 Å². The number of hydrogen-bond acceptors (Lipinski definition) is 6. The largest absolute Gasteiger partial charge is 0.301 e. The van der Waals surface area contributed by atoms with Crippen molar-refractivity contribution in [3.05, 3.63) is 100 Å². The summed E-state index contributed by atoms with van der Waals surface area (Å²) in [5, 5.41) is 2.02. The van der Waals surface area contributed by atoms with Gasteiger partial charge in [-0.25, -0.2) is 13.4 Å². The van der Waals surface area contributed by atoms with Gasteiger partial charge >= 0.3 is 0 Å². The highest BCUT2D eigenvalue weighted by molar-refractivity contribution is 7.98. The third-order valence-electron chi connectivity index (χ3n) is 6.53. The molecule has 3 aromatic carbocycles. The van der Waals surface area contributed by atoms with Crippen LogP contribution in [0.25, 0.3) is 32.9 Å². The molecule has 0 aliphatic carbocycles. The fraction of sp³-hybridized carbons (Fsp3) is 0.179. The lowest BCUT2D eigenvalue weighted by Crippen LogP contribution is -2.28. The minimum Gasteiger partial charge on any atom is -0.301 e. The number of fused-ring (bicyclic) bond motifs is 2. The third kappa shape index (κ3) is 4.54. The Morgan fingerprint density at radius 3 is 2.58 bits per heavy atom. The molecule has 6 nitrogen and oxygen atoms in total. The maximum atomic E-state index is 12.6. The van der Waals surface area contributed by atoms with Crippen LogP contribution >= 0.6 is 11.8 Å². The van der Waals surface area contributed by atoms with Crippen molar-refractivity contribution < 1.29 is 8.42 Å². The van der Waals surface area contributed by atoms with Gasteiger partial charge in [0.15, 0.2) is 15.0 Å². The molecule has 0 unspecified atom stereocenters. The summed E-state index contributed by atoms with van der Waals surface area (Å²) in [7, 11) is -3.35. The molecule has 0 fully saturated rings. The van der Waals surface area contributed by atoms with Gasteiger partial charge in [-0.3, -0.25) is 9.78 Å². The molecule has 0 saturated carbocycles. The SMILES string of the molecule is CC(C)(c1cc(-c2cccc(CSc3nc4ccccc4c(=O)[nH]3)c2)c2ncccc2c1)S(C)(=O)=O. The lowest BCUT2D eigenvalue weighted by Gasteiger charge is -2.24. The van der Waals surface area contributed by atoms with Crippen LogP contribution in [0.4, 0.5) is 0 Å². The smallest absolute Gasteiger partial charge is 0.259 e. The molecule has 0 bridgehead atoms. The molecule has 0 spiro atoms. The quantitative estimate of drug-likeness (QED) is 0.230. The first-order valence-corrected chi connectivity index (χ1v) is 14.3. The number of aromatic amines is 1. The van der Waals surface area contributed by atoms with Crippen molar-refractivity contribution in [2.45, 2.75) is 29.5 Å². The van der Waals surface area contributed by atoms with Crippen molar-refractivity contribution in [3.63, 3.8) is 0 Å². The van der Waals surface area contributed by atoms with E-state index in [1.54, 1.807) is 26.1 Å². The van der Waals surface area contributed by atoms with Gasteiger partial charge in [-0.2, -0.15) is 0 Å². The lowest BCUT2D eigenvalue weighted by atomic mass is 9.93. The monoisotopic (exact) mass is 515 g/mol. The Hall–Kier alpha value is -3.49. The number of sulfone groups is 1. The molecule has 8 heteroatoms. The minimum absolute atomic E-state index is 0.153. The molecular weight excluding hydrogens is 490 g/mol. The average Bonchev–Trinajstić information content (AvgIpc) is 2.86. The first-order chi connectivity index (χ1) is 17.1. The van der Waals surface area contributed by atoms with Crippen LogP contribution in [0.1, 0.15) is 25.0 Å². The summed E-state index contributed by atoms with van der Waals surface area (Å²) in [6.45, 7) is 3.46. The number of rotatable bonds is 6. The van der Waals surface area contributed by atoms with Crippen LogP contribution in [0.3, 0.4) is 0 Å². The molecule has 36 heavy (non-hydrogen) atoms. The number of benzene rings is 3. The maximum absolute atomic E-state index is 12.6. The number of pyridine rings is 1. The van der Waals surface area contributed by atoms with E-state index in [9.17, 15) is 13.2 Å². The van der Waals surface area contributed by atoms with E-state index in [2.05, 4.69) is 21.0 Å². The molecule has 5 rings (SSSR count). The Labute approximate surface area is 213 Å². The molecule has 2 heterocycles. The first-order valence-electron chi connectivity index (χ1n) is 11.4. The molecule has 5 aromatic rings. The number of hydrogen-bond donors (Lipinski definition) is 1. The molecular formula is C28H25N3O3S2. The van der Waals surface area contributed by atoms with Crippen LogP contribution in [-0.4, -0.2) is 29.6 Å².